The fraction of sp³-hybridized carbons (Fsp3) is 0.0769. The minimum atomic E-state index is -0.614. The highest BCUT2D eigenvalue weighted by Crippen LogP contribution is 2.21. The summed E-state index contributed by atoms with van der Waals surface area (Å²) in [4.78, 5) is 15.9. The minimum absolute atomic E-state index is 0.0334. The molecule has 1 amide bonds. The third kappa shape index (κ3) is 3.22. The summed E-state index contributed by atoms with van der Waals surface area (Å²) in [5.74, 6) is -1.14. The van der Waals surface area contributed by atoms with Crippen molar-refractivity contribution in [2.75, 3.05) is 5.32 Å². The van der Waals surface area contributed by atoms with E-state index < -0.39 is 11.7 Å². The predicted molar refractivity (Wildman–Crippen MR) is 73.3 cm³/mol. The standard InChI is InChI=1S/C13H9Cl2FN2O/c1-7-4-10(15)9(6-17-7)13(19)18-12-3-2-8(14)5-11(12)16/h2-6H,1H3,(H,18,19). The van der Waals surface area contributed by atoms with Crippen molar-refractivity contribution in [1.29, 1.82) is 0 Å². The van der Waals surface area contributed by atoms with Crippen LogP contribution in [0.3, 0.4) is 0 Å². The molecule has 0 spiro atoms. The molecule has 6 heteroatoms. The van der Waals surface area contributed by atoms with Crippen LogP contribution in [-0.4, -0.2) is 10.9 Å². The molecule has 0 aliphatic carbocycles. The quantitative estimate of drug-likeness (QED) is 0.907. The van der Waals surface area contributed by atoms with Crippen LogP contribution in [0.1, 0.15) is 16.1 Å². The number of hydrogen-bond acceptors (Lipinski definition) is 2. The van der Waals surface area contributed by atoms with Crippen molar-refractivity contribution in [1.82, 2.24) is 4.98 Å². The van der Waals surface area contributed by atoms with E-state index in [1.54, 1.807) is 13.0 Å². The lowest BCUT2D eigenvalue weighted by molar-refractivity contribution is 0.102. The first-order chi connectivity index (χ1) is 8.97. The highest BCUT2D eigenvalue weighted by molar-refractivity contribution is 6.34. The Morgan fingerprint density at radius 3 is 2.68 bits per heavy atom. The monoisotopic (exact) mass is 298 g/mol. The van der Waals surface area contributed by atoms with Gasteiger partial charge < -0.3 is 5.32 Å². The number of halogens is 3. The molecule has 19 heavy (non-hydrogen) atoms. The lowest BCUT2D eigenvalue weighted by Crippen LogP contribution is -2.14. The molecule has 1 N–H and O–H groups in total. The number of carbonyl (C=O) groups excluding carboxylic acids is 1. The third-order valence-corrected chi connectivity index (χ3v) is 2.96. The van der Waals surface area contributed by atoms with E-state index in [-0.39, 0.29) is 21.3 Å². The zero-order valence-electron chi connectivity index (χ0n) is 9.88. The molecule has 1 heterocycles. The van der Waals surface area contributed by atoms with Crippen LogP contribution in [0, 0.1) is 12.7 Å². The average Bonchev–Trinajstić information content (AvgIpc) is 2.32. The molecule has 0 bridgehead atoms. The number of pyridine rings is 1. The van der Waals surface area contributed by atoms with Crippen molar-refractivity contribution < 1.29 is 9.18 Å². The Bertz CT molecular complexity index is 647. The molecule has 2 rings (SSSR count). The molecule has 3 nitrogen and oxygen atoms in total. The summed E-state index contributed by atoms with van der Waals surface area (Å²) < 4.78 is 13.5. The summed E-state index contributed by atoms with van der Waals surface area (Å²) in [6.07, 6.45) is 1.35. The van der Waals surface area contributed by atoms with E-state index in [1.807, 2.05) is 0 Å². The number of carbonyl (C=O) groups is 1. The van der Waals surface area contributed by atoms with E-state index in [2.05, 4.69) is 10.3 Å². The summed E-state index contributed by atoms with van der Waals surface area (Å²) in [5.41, 5.74) is 0.909. The molecule has 0 radical (unpaired) electrons. The Kier molecular flexibility index (Phi) is 4.02. The summed E-state index contributed by atoms with van der Waals surface area (Å²) in [6, 6.07) is 5.54. The Labute approximate surface area is 119 Å². The van der Waals surface area contributed by atoms with E-state index in [0.29, 0.717) is 5.69 Å². The maximum Gasteiger partial charge on any atom is 0.258 e. The number of anilines is 1. The van der Waals surface area contributed by atoms with Crippen LogP contribution in [0.2, 0.25) is 10.0 Å². The smallest absolute Gasteiger partial charge is 0.258 e. The second-order valence-electron chi connectivity index (χ2n) is 3.88. The normalized spacial score (nSPS) is 10.3. The molecule has 0 aliphatic rings. The zero-order chi connectivity index (χ0) is 14.0. The number of aryl methyl sites for hydroxylation is 1. The molecule has 0 atom stereocenters. The molecular weight excluding hydrogens is 290 g/mol. The number of aromatic nitrogens is 1. The van der Waals surface area contributed by atoms with Gasteiger partial charge in [-0.25, -0.2) is 4.39 Å². The van der Waals surface area contributed by atoms with Crippen molar-refractivity contribution in [3.05, 3.63) is 57.6 Å². The van der Waals surface area contributed by atoms with E-state index in [1.165, 1.54) is 18.3 Å². The Morgan fingerprint density at radius 1 is 1.32 bits per heavy atom. The van der Waals surface area contributed by atoms with Gasteiger partial charge in [-0.05, 0) is 31.2 Å². The van der Waals surface area contributed by atoms with Gasteiger partial charge in [-0.1, -0.05) is 23.2 Å². The first-order valence-electron chi connectivity index (χ1n) is 5.36. The summed E-state index contributed by atoms with van der Waals surface area (Å²) in [7, 11) is 0. The van der Waals surface area contributed by atoms with Crippen LogP contribution in [0.25, 0.3) is 0 Å². The summed E-state index contributed by atoms with van der Waals surface area (Å²) in [6.45, 7) is 1.76. The van der Waals surface area contributed by atoms with Gasteiger partial charge in [0.1, 0.15) is 5.82 Å². The highest BCUT2D eigenvalue weighted by atomic mass is 35.5. The van der Waals surface area contributed by atoms with Crippen LogP contribution in [0.15, 0.2) is 30.5 Å². The SMILES string of the molecule is Cc1cc(Cl)c(C(=O)Nc2ccc(Cl)cc2F)cn1. The largest absolute Gasteiger partial charge is 0.319 e. The molecular formula is C13H9Cl2FN2O. The van der Waals surface area contributed by atoms with Gasteiger partial charge in [-0.3, -0.25) is 9.78 Å². The third-order valence-electron chi connectivity index (χ3n) is 2.41. The number of benzene rings is 1. The maximum absolute atomic E-state index is 13.5. The van der Waals surface area contributed by atoms with Gasteiger partial charge in [0.2, 0.25) is 0 Å². The molecule has 0 unspecified atom stereocenters. The van der Waals surface area contributed by atoms with Crippen LogP contribution < -0.4 is 5.32 Å². The number of rotatable bonds is 2. The van der Waals surface area contributed by atoms with Crippen molar-refractivity contribution in [2.45, 2.75) is 6.92 Å². The van der Waals surface area contributed by atoms with Crippen LogP contribution in [0.5, 0.6) is 0 Å². The van der Waals surface area contributed by atoms with E-state index in [0.717, 1.165) is 6.07 Å². The van der Waals surface area contributed by atoms with Gasteiger partial charge in [0.25, 0.3) is 5.91 Å². The number of hydrogen-bond donors (Lipinski definition) is 1. The van der Waals surface area contributed by atoms with Gasteiger partial charge in [0, 0.05) is 16.9 Å². The Balaban J connectivity index is 2.25. The van der Waals surface area contributed by atoms with Crippen molar-refractivity contribution in [3.8, 4) is 0 Å². The minimum Gasteiger partial charge on any atom is -0.319 e. The van der Waals surface area contributed by atoms with Crippen molar-refractivity contribution in [2.24, 2.45) is 0 Å². The van der Waals surface area contributed by atoms with Crippen LogP contribution in [0.4, 0.5) is 10.1 Å². The molecule has 0 saturated heterocycles. The summed E-state index contributed by atoms with van der Waals surface area (Å²) >= 11 is 11.6. The number of nitrogens with zero attached hydrogens (tertiary/aromatic N) is 1. The van der Waals surface area contributed by atoms with Crippen molar-refractivity contribution in [3.63, 3.8) is 0 Å². The molecule has 2 aromatic rings. The molecule has 1 aromatic carbocycles. The fourth-order valence-corrected chi connectivity index (χ4v) is 1.93. The first-order valence-corrected chi connectivity index (χ1v) is 6.11. The Hall–Kier alpha value is -1.65. The van der Waals surface area contributed by atoms with E-state index >= 15 is 0 Å². The summed E-state index contributed by atoms with van der Waals surface area (Å²) in [5, 5.41) is 2.94. The molecule has 1 aromatic heterocycles. The topological polar surface area (TPSA) is 42.0 Å². The first kappa shape index (κ1) is 13.8. The molecule has 98 valence electrons. The van der Waals surface area contributed by atoms with Gasteiger partial charge in [0.15, 0.2) is 0 Å². The number of amides is 1. The van der Waals surface area contributed by atoms with Crippen LogP contribution >= 0.6 is 23.2 Å². The Morgan fingerprint density at radius 2 is 2.05 bits per heavy atom. The fourth-order valence-electron chi connectivity index (χ4n) is 1.47. The number of nitrogens with one attached hydrogen (secondary N) is 1. The maximum atomic E-state index is 13.5. The predicted octanol–water partition coefficient (Wildman–Crippen LogP) is 4.09. The van der Waals surface area contributed by atoms with E-state index in [9.17, 15) is 9.18 Å². The molecule has 0 fully saturated rings. The lowest BCUT2D eigenvalue weighted by atomic mass is 10.2. The second-order valence-corrected chi connectivity index (χ2v) is 4.73. The average molecular weight is 299 g/mol. The lowest BCUT2D eigenvalue weighted by Gasteiger charge is -2.08. The highest BCUT2D eigenvalue weighted by Gasteiger charge is 2.13. The van der Waals surface area contributed by atoms with Gasteiger partial charge in [0.05, 0.1) is 16.3 Å². The van der Waals surface area contributed by atoms with Crippen LogP contribution in [-0.2, 0) is 0 Å². The molecule has 0 saturated carbocycles. The second kappa shape index (κ2) is 5.55. The zero-order valence-corrected chi connectivity index (χ0v) is 11.4. The van der Waals surface area contributed by atoms with Gasteiger partial charge >= 0.3 is 0 Å². The molecule has 0 aliphatic heterocycles. The van der Waals surface area contributed by atoms with Crippen molar-refractivity contribution >= 4 is 34.8 Å². The van der Waals surface area contributed by atoms with E-state index in [4.69, 9.17) is 23.2 Å². The van der Waals surface area contributed by atoms with Gasteiger partial charge in [-0.2, -0.15) is 0 Å². The van der Waals surface area contributed by atoms with Gasteiger partial charge in [-0.15, -0.1) is 0 Å².